The smallest absolute Gasteiger partial charge is 0.0719 e. The van der Waals surface area contributed by atoms with Crippen LogP contribution in [0.2, 0.25) is 0 Å². The maximum atomic E-state index is 3.84. The molecule has 0 amide bonds. The molecule has 0 aliphatic carbocycles. The first kappa shape index (κ1) is 13.2. The molecule has 0 saturated heterocycles. The quantitative estimate of drug-likeness (QED) is 0.616. The highest BCUT2D eigenvalue weighted by atomic mass is 15.1. The van der Waals surface area contributed by atoms with Crippen LogP contribution in [-0.4, -0.2) is 4.57 Å². The van der Waals surface area contributed by atoms with Crippen LogP contribution in [0.25, 0.3) is 10.9 Å². The fraction of sp³-hybridized carbons (Fsp3) is 0.333. The zero-order chi connectivity index (χ0) is 15.8. The lowest BCUT2D eigenvalue weighted by Crippen LogP contribution is -2.39. The van der Waals surface area contributed by atoms with E-state index >= 15 is 0 Å². The predicted molar refractivity (Wildman–Crippen MR) is 96.0 cm³/mol. The second kappa shape index (κ2) is 4.19. The molecule has 0 spiro atoms. The molecule has 0 saturated carbocycles. The highest BCUT2D eigenvalue weighted by molar-refractivity contribution is 5.82. The first-order chi connectivity index (χ1) is 11.1. The minimum atomic E-state index is 0.178. The average Bonchev–Trinajstić information content (AvgIpc) is 3.06. The summed E-state index contributed by atoms with van der Waals surface area (Å²) in [6.07, 6.45) is 0. The number of fused-ring (bicyclic) bond motifs is 6. The van der Waals surface area contributed by atoms with Crippen LogP contribution in [0.3, 0.4) is 0 Å². The van der Waals surface area contributed by atoms with Crippen LogP contribution in [0, 0.1) is 12.8 Å². The Labute approximate surface area is 137 Å². The summed E-state index contributed by atoms with van der Waals surface area (Å²) in [5, 5.41) is 5.19. The van der Waals surface area contributed by atoms with Crippen molar-refractivity contribution >= 4 is 16.6 Å². The summed E-state index contributed by atoms with van der Waals surface area (Å²) in [4.78, 5) is 0. The van der Waals surface area contributed by atoms with Crippen LogP contribution in [0.15, 0.2) is 48.5 Å². The molecule has 116 valence electrons. The molecule has 3 heterocycles. The van der Waals surface area contributed by atoms with E-state index in [1.807, 2.05) is 0 Å². The third kappa shape index (κ3) is 1.64. The molecule has 2 nitrogen and oxygen atoms in total. The number of nitrogens with zero attached hydrogens (tertiary/aromatic N) is 1. The third-order valence-electron chi connectivity index (χ3n) is 6.05. The fourth-order valence-corrected chi connectivity index (χ4v) is 4.71. The summed E-state index contributed by atoms with van der Waals surface area (Å²) < 4.78 is 2.53. The maximum absolute atomic E-state index is 3.84. The molecule has 0 bridgehead atoms. The Hall–Kier alpha value is -2.22. The number of hydrogen-bond donors (Lipinski definition) is 1. The molecular formula is C21H22N2. The number of aryl methyl sites for hydroxylation is 1. The van der Waals surface area contributed by atoms with Gasteiger partial charge in [-0.2, -0.15) is 0 Å². The van der Waals surface area contributed by atoms with Crippen molar-refractivity contribution in [3.63, 3.8) is 0 Å². The van der Waals surface area contributed by atoms with E-state index in [4.69, 9.17) is 0 Å². The lowest BCUT2D eigenvalue weighted by atomic mass is 9.67. The molecule has 1 N–H and O–H groups in total. The molecule has 1 aromatic heterocycles. The van der Waals surface area contributed by atoms with Crippen molar-refractivity contribution < 1.29 is 0 Å². The molecule has 2 aliphatic heterocycles. The van der Waals surface area contributed by atoms with Crippen LogP contribution in [0.5, 0.6) is 0 Å². The van der Waals surface area contributed by atoms with Crippen LogP contribution >= 0.6 is 0 Å². The molecule has 2 atom stereocenters. The molecular weight excluding hydrogens is 280 g/mol. The summed E-state index contributed by atoms with van der Waals surface area (Å²) in [7, 11) is 0. The van der Waals surface area contributed by atoms with Crippen molar-refractivity contribution in [2.24, 2.45) is 5.92 Å². The zero-order valence-corrected chi connectivity index (χ0v) is 13.9. The predicted octanol–water partition coefficient (Wildman–Crippen LogP) is 5.02. The lowest BCUT2D eigenvalue weighted by molar-refractivity contribution is 0.274. The molecule has 0 unspecified atom stereocenters. The first-order valence-electron chi connectivity index (χ1n) is 8.51. The van der Waals surface area contributed by atoms with Gasteiger partial charge in [0.15, 0.2) is 0 Å². The SMILES string of the molecule is Cc1ccc2c(c1)C(C)(C)[C@@H]1Cn3c(cc4ccccc43)[C@@H]1N2. The minimum absolute atomic E-state index is 0.178. The largest absolute Gasteiger partial charge is 0.376 e. The van der Waals surface area contributed by atoms with E-state index in [0.29, 0.717) is 12.0 Å². The fourth-order valence-electron chi connectivity index (χ4n) is 4.71. The van der Waals surface area contributed by atoms with Gasteiger partial charge in [-0.3, -0.25) is 0 Å². The number of anilines is 1. The highest BCUT2D eigenvalue weighted by Gasteiger charge is 2.47. The van der Waals surface area contributed by atoms with Gasteiger partial charge in [0.1, 0.15) is 0 Å². The van der Waals surface area contributed by atoms with Crippen molar-refractivity contribution in [2.75, 3.05) is 5.32 Å². The molecule has 0 radical (unpaired) electrons. The minimum Gasteiger partial charge on any atom is -0.376 e. The Morgan fingerprint density at radius 2 is 1.91 bits per heavy atom. The van der Waals surface area contributed by atoms with Crippen LogP contribution < -0.4 is 5.32 Å². The van der Waals surface area contributed by atoms with Gasteiger partial charge in [0, 0.05) is 29.4 Å². The van der Waals surface area contributed by atoms with Gasteiger partial charge in [-0.05, 0) is 41.5 Å². The Morgan fingerprint density at radius 1 is 1.09 bits per heavy atom. The maximum Gasteiger partial charge on any atom is 0.0719 e. The number of nitrogens with one attached hydrogen (secondary N) is 1. The second-order valence-corrected chi connectivity index (χ2v) is 7.74. The van der Waals surface area contributed by atoms with E-state index < -0.39 is 0 Å². The number of rotatable bonds is 0. The molecule has 2 aromatic carbocycles. The molecule has 2 aliphatic rings. The first-order valence-corrected chi connectivity index (χ1v) is 8.51. The molecule has 23 heavy (non-hydrogen) atoms. The van der Waals surface area contributed by atoms with Crippen molar-refractivity contribution in [1.82, 2.24) is 4.57 Å². The Kier molecular flexibility index (Phi) is 2.41. The van der Waals surface area contributed by atoms with Crippen LogP contribution in [0.4, 0.5) is 5.69 Å². The molecule has 5 rings (SSSR count). The number of hydrogen-bond acceptors (Lipinski definition) is 1. The Bertz CT molecular complexity index is 932. The summed E-state index contributed by atoms with van der Waals surface area (Å²) >= 11 is 0. The molecule has 2 heteroatoms. The van der Waals surface area contributed by atoms with E-state index in [1.54, 1.807) is 0 Å². The van der Waals surface area contributed by atoms with Crippen molar-refractivity contribution in [3.05, 3.63) is 65.4 Å². The monoisotopic (exact) mass is 302 g/mol. The van der Waals surface area contributed by atoms with Gasteiger partial charge in [-0.1, -0.05) is 49.7 Å². The van der Waals surface area contributed by atoms with Crippen LogP contribution in [0.1, 0.15) is 36.7 Å². The van der Waals surface area contributed by atoms with Gasteiger partial charge in [0.05, 0.1) is 6.04 Å². The second-order valence-electron chi connectivity index (χ2n) is 7.74. The van der Waals surface area contributed by atoms with Gasteiger partial charge >= 0.3 is 0 Å². The molecule has 0 fully saturated rings. The van der Waals surface area contributed by atoms with Crippen LogP contribution in [-0.2, 0) is 12.0 Å². The summed E-state index contributed by atoms with van der Waals surface area (Å²) in [6, 6.07) is 18.4. The van der Waals surface area contributed by atoms with Gasteiger partial charge in [-0.25, -0.2) is 0 Å². The molecule has 3 aromatic rings. The summed E-state index contributed by atoms with van der Waals surface area (Å²) in [5.41, 5.74) is 7.11. The highest BCUT2D eigenvalue weighted by Crippen LogP contribution is 2.53. The number of benzene rings is 2. The van der Waals surface area contributed by atoms with Crippen molar-refractivity contribution in [1.29, 1.82) is 0 Å². The number of aromatic nitrogens is 1. The third-order valence-corrected chi connectivity index (χ3v) is 6.05. The van der Waals surface area contributed by atoms with E-state index in [1.165, 1.54) is 33.4 Å². The lowest BCUT2D eigenvalue weighted by Gasteiger charge is -2.43. The van der Waals surface area contributed by atoms with Crippen molar-refractivity contribution in [3.8, 4) is 0 Å². The van der Waals surface area contributed by atoms with E-state index in [-0.39, 0.29) is 5.41 Å². The zero-order valence-electron chi connectivity index (χ0n) is 13.9. The Morgan fingerprint density at radius 3 is 2.78 bits per heavy atom. The van der Waals surface area contributed by atoms with E-state index in [0.717, 1.165) is 6.54 Å². The standard InChI is InChI=1S/C21H22N2/c1-13-8-9-17-15(10-13)21(2,3)16-12-23-18-7-5-4-6-14(18)11-19(23)20(16)22-17/h4-11,16,20,22H,12H2,1-3H3/t16-,20-/m1/s1. The number of para-hydroxylation sites is 1. The van der Waals surface area contributed by atoms with Gasteiger partial charge in [0.2, 0.25) is 0 Å². The van der Waals surface area contributed by atoms with Crippen molar-refractivity contribution in [2.45, 2.75) is 38.8 Å². The van der Waals surface area contributed by atoms with Gasteiger partial charge in [0.25, 0.3) is 0 Å². The van der Waals surface area contributed by atoms with E-state index in [2.05, 4.69) is 79.2 Å². The van der Waals surface area contributed by atoms with Gasteiger partial charge < -0.3 is 9.88 Å². The van der Waals surface area contributed by atoms with Gasteiger partial charge in [-0.15, -0.1) is 0 Å². The van der Waals surface area contributed by atoms with E-state index in [9.17, 15) is 0 Å². The Balaban J connectivity index is 1.71. The summed E-state index contributed by atoms with van der Waals surface area (Å²) in [5.74, 6) is 0.594. The topological polar surface area (TPSA) is 17.0 Å². The average molecular weight is 302 g/mol. The normalized spacial score (nSPS) is 24.0. The summed E-state index contributed by atoms with van der Waals surface area (Å²) in [6.45, 7) is 8.12.